The van der Waals surface area contributed by atoms with Crippen molar-refractivity contribution in [2.75, 3.05) is 26.7 Å². The summed E-state index contributed by atoms with van der Waals surface area (Å²) in [6.07, 6.45) is -0.197. The van der Waals surface area contributed by atoms with Gasteiger partial charge >= 0.3 is 6.09 Å². The van der Waals surface area contributed by atoms with Crippen molar-refractivity contribution in [3.63, 3.8) is 0 Å². The van der Waals surface area contributed by atoms with Crippen molar-refractivity contribution < 1.29 is 9.53 Å². The Hall–Kier alpha value is -0.770. The molecule has 1 rings (SSSR count). The second-order valence-electron chi connectivity index (χ2n) is 2.78. The molecule has 0 aromatic heterocycles. The Bertz CT molecular complexity index is 143. The number of likely N-dealkylation sites (N-methyl/N-ethyl adjacent to an activating group) is 1. The van der Waals surface area contributed by atoms with E-state index in [9.17, 15) is 4.79 Å². The lowest BCUT2D eigenvalue weighted by atomic mass is 10.2. The third kappa shape index (κ3) is 2.38. The van der Waals surface area contributed by atoms with Gasteiger partial charge in [0, 0.05) is 19.6 Å². The first-order valence-corrected chi connectivity index (χ1v) is 3.85. The summed E-state index contributed by atoms with van der Waals surface area (Å²) in [4.78, 5) is 12.9. The summed E-state index contributed by atoms with van der Waals surface area (Å²) >= 11 is 0. The van der Waals surface area contributed by atoms with E-state index in [1.807, 2.05) is 14.0 Å². The highest BCUT2D eigenvalue weighted by molar-refractivity contribution is 5.67. The Morgan fingerprint density at radius 3 is 2.82 bits per heavy atom. The molecule has 4 heteroatoms. The van der Waals surface area contributed by atoms with E-state index in [1.54, 1.807) is 0 Å². The minimum atomic E-state index is -0.300. The standard InChI is InChI=1S/C7H14N2O2/c1-3-8-7(10)11-6-4-9(2)5-6/h6H,3-5H2,1-2H3,(H,8,10). The van der Waals surface area contributed by atoms with Crippen molar-refractivity contribution in [1.29, 1.82) is 0 Å². The van der Waals surface area contributed by atoms with Crippen LogP contribution in [0.15, 0.2) is 0 Å². The average Bonchev–Trinajstić information content (AvgIpc) is 1.85. The number of nitrogens with one attached hydrogen (secondary N) is 1. The molecular formula is C7H14N2O2. The lowest BCUT2D eigenvalue weighted by molar-refractivity contribution is 0.000921. The van der Waals surface area contributed by atoms with Crippen molar-refractivity contribution in [3.05, 3.63) is 0 Å². The first-order valence-electron chi connectivity index (χ1n) is 3.85. The van der Waals surface area contributed by atoms with Gasteiger partial charge in [0.25, 0.3) is 0 Å². The normalized spacial score (nSPS) is 19.1. The number of ether oxygens (including phenoxy) is 1. The zero-order valence-electron chi connectivity index (χ0n) is 6.96. The third-order valence-electron chi connectivity index (χ3n) is 1.63. The SMILES string of the molecule is CCNC(=O)OC1CN(C)C1. The quantitative estimate of drug-likeness (QED) is 0.617. The molecule has 0 aliphatic carbocycles. The molecule has 11 heavy (non-hydrogen) atoms. The molecule has 1 amide bonds. The van der Waals surface area contributed by atoms with Crippen LogP contribution in [0.2, 0.25) is 0 Å². The van der Waals surface area contributed by atoms with Crippen LogP contribution >= 0.6 is 0 Å². The van der Waals surface area contributed by atoms with Crippen LogP contribution in [0.5, 0.6) is 0 Å². The van der Waals surface area contributed by atoms with E-state index < -0.39 is 0 Å². The Morgan fingerprint density at radius 2 is 2.36 bits per heavy atom. The van der Waals surface area contributed by atoms with Crippen LogP contribution in [0.1, 0.15) is 6.92 Å². The fourth-order valence-electron chi connectivity index (χ4n) is 1.05. The van der Waals surface area contributed by atoms with E-state index in [1.165, 1.54) is 0 Å². The first-order chi connectivity index (χ1) is 5.22. The zero-order chi connectivity index (χ0) is 8.27. The van der Waals surface area contributed by atoms with Crippen molar-refractivity contribution in [2.45, 2.75) is 13.0 Å². The summed E-state index contributed by atoms with van der Waals surface area (Å²) in [6, 6.07) is 0. The molecule has 1 fully saturated rings. The van der Waals surface area contributed by atoms with Gasteiger partial charge in [0.15, 0.2) is 0 Å². The molecule has 64 valence electrons. The van der Waals surface area contributed by atoms with E-state index >= 15 is 0 Å². The van der Waals surface area contributed by atoms with Crippen molar-refractivity contribution >= 4 is 6.09 Å². The molecule has 1 heterocycles. The first kappa shape index (κ1) is 8.33. The van der Waals surface area contributed by atoms with Crippen molar-refractivity contribution in [3.8, 4) is 0 Å². The van der Waals surface area contributed by atoms with Crippen LogP contribution in [-0.2, 0) is 4.74 Å². The highest BCUT2D eigenvalue weighted by Crippen LogP contribution is 2.07. The van der Waals surface area contributed by atoms with Gasteiger partial charge in [-0.05, 0) is 14.0 Å². The topological polar surface area (TPSA) is 41.6 Å². The van der Waals surface area contributed by atoms with Crippen molar-refractivity contribution in [2.24, 2.45) is 0 Å². The largest absolute Gasteiger partial charge is 0.444 e. The molecule has 0 aromatic carbocycles. The predicted octanol–water partition coefficient (Wildman–Crippen LogP) is 0.0465. The second kappa shape index (κ2) is 3.57. The number of carbonyl (C=O) groups is 1. The molecule has 1 aliphatic rings. The summed E-state index contributed by atoms with van der Waals surface area (Å²) in [6.45, 7) is 4.21. The Balaban J connectivity index is 2.07. The van der Waals surface area contributed by atoms with E-state index in [0.29, 0.717) is 6.54 Å². The molecule has 0 aromatic rings. The molecule has 0 spiro atoms. The number of alkyl carbamates (subject to hydrolysis) is 1. The molecule has 1 saturated heterocycles. The Morgan fingerprint density at radius 1 is 1.73 bits per heavy atom. The van der Waals surface area contributed by atoms with Crippen LogP contribution in [-0.4, -0.2) is 43.8 Å². The zero-order valence-corrected chi connectivity index (χ0v) is 6.96. The molecule has 0 saturated carbocycles. The fourth-order valence-corrected chi connectivity index (χ4v) is 1.05. The Labute approximate surface area is 66.5 Å². The van der Waals surface area contributed by atoms with Gasteiger partial charge in [-0.2, -0.15) is 0 Å². The molecular weight excluding hydrogens is 144 g/mol. The molecule has 0 unspecified atom stereocenters. The number of hydrogen-bond donors (Lipinski definition) is 1. The van der Waals surface area contributed by atoms with E-state index in [0.717, 1.165) is 13.1 Å². The van der Waals surface area contributed by atoms with Gasteiger partial charge in [0.05, 0.1) is 0 Å². The van der Waals surface area contributed by atoms with Gasteiger partial charge in [-0.3, -0.25) is 4.90 Å². The number of hydrogen-bond acceptors (Lipinski definition) is 3. The number of likely N-dealkylation sites (tertiary alicyclic amines) is 1. The van der Waals surface area contributed by atoms with Gasteiger partial charge in [0.1, 0.15) is 6.10 Å². The summed E-state index contributed by atoms with van der Waals surface area (Å²) in [5.74, 6) is 0. The average molecular weight is 158 g/mol. The van der Waals surface area contributed by atoms with Crippen LogP contribution in [0, 0.1) is 0 Å². The number of nitrogens with zero attached hydrogens (tertiary/aromatic N) is 1. The van der Waals surface area contributed by atoms with E-state index in [4.69, 9.17) is 4.74 Å². The molecule has 1 aliphatic heterocycles. The smallest absolute Gasteiger partial charge is 0.407 e. The van der Waals surface area contributed by atoms with Gasteiger partial charge in [-0.15, -0.1) is 0 Å². The molecule has 4 nitrogen and oxygen atoms in total. The summed E-state index contributed by atoms with van der Waals surface area (Å²) < 4.78 is 5.01. The van der Waals surface area contributed by atoms with Gasteiger partial charge in [-0.25, -0.2) is 4.79 Å². The van der Waals surface area contributed by atoms with Crippen LogP contribution < -0.4 is 5.32 Å². The second-order valence-corrected chi connectivity index (χ2v) is 2.78. The third-order valence-corrected chi connectivity index (χ3v) is 1.63. The van der Waals surface area contributed by atoms with E-state index in [2.05, 4.69) is 10.2 Å². The lowest BCUT2D eigenvalue weighted by Gasteiger charge is -2.35. The van der Waals surface area contributed by atoms with Gasteiger partial charge in [-0.1, -0.05) is 0 Å². The summed E-state index contributed by atoms with van der Waals surface area (Å²) in [5.41, 5.74) is 0. The number of rotatable bonds is 2. The Kier molecular flexibility index (Phi) is 2.70. The summed E-state index contributed by atoms with van der Waals surface area (Å²) in [7, 11) is 2.00. The van der Waals surface area contributed by atoms with Gasteiger partial charge < -0.3 is 10.1 Å². The highest BCUT2D eigenvalue weighted by Gasteiger charge is 2.26. The minimum Gasteiger partial charge on any atom is -0.444 e. The molecule has 1 N–H and O–H groups in total. The molecule has 0 radical (unpaired) electrons. The van der Waals surface area contributed by atoms with E-state index in [-0.39, 0.29) is 12.2 Å². The number of amides is 1. The molecule has 0 atom stereocenters. The molecule has 0 bridgehead atoms. The van der Waals surface area contributed by atoms with Crippen LogP contribution in [0.4, 0.5) is 4.79 Å². The lowest BCUT2D eigenvalue weighted by Crippen LogP contribution is -2.51. The summed E-state index contributed by atoms with van der Waals surface area (Å²) in [5, 5.41) is 2.58. The fraction of sp³-hybridized carbons (Fsp3) is 0.857. The maximum absolute atomic E-state index is 10.8. The highest BCUT2D eigenvalue weighted by atomic mass is 16.6. The van der Waals surface area contributed by atoms with Gasteiger partial charge in [0.2, 0.25) is 0 Å². The van der Waals surface area contributed by atoms with Crippen LogP contribution in [0.3, 0.4) is 0 Å². The maximum Gasteiger partial charge on any atom is 0.407 e. The van der Waals surface area contributed by atoms with Crippen LogP contribution in [0.25, 0.3) is 0 Å². The number of carbonyl (C=O) groups excluding carboxylic acids is 1. The minimum absolute atomic E-state index is 0.103. The predicted molar refractivity (Wildman–Crippen MR) is 41.4 cm³/mol. The maximum atomic E-state index is 10.8. The van der Waals surface area contributed by atoms with Crippen molar-refractivity contribution in [1.82, 2.24) is 10.2 Å². The monoisotopic (exact) mass is 158 g/mol.